The average molecular weight is 259 g/mol. The number of carbonyl (C=O) groups excluding carboxylic acids is 1. The minimum atomic E-state index is -1.34. The molecule has 6 heteroatoms. The van der Waals surface area contributed by atoms with E-state index in [2.05, 4.69) is 12.2 Å². The molecule has 0 saturated carbocycles. The second-order valence-electron chi connectivity index (χ2n) is 4.22. The first-order chi connectivity index (χ1) is 8.47. The molecule has 3 N–H and O–H groups in total. The van der Waals surface area contributed by atoms with E-state index in [1.807, 2.05) is 0 Å². The maximum Gasteiger partial charge on any atom is 0.326 e. The Morgan fingerprint density at radius 1 is 1.06 bits per heavy atom. The fourth-order valence-corrected chi connectivity index (χ4v) is 1.53. The van der Waals surface area contributed by atoms with Crippen molar-refractivity contribution >= 4 is 17.8 Å². The molecule has 0 aliphatic heterocycles. The van der Waals surface area contributed by atoms with Crippen molar-refractivity contribution in [2.75, 3.05) is 0 Å². The first-order valence-corrected chi connectivity index (χ1v) is 6.21. The molecule has 0 aromatic heterocycles. The van der Waals surface area contributed by atoms with Crippen molar-refractivity contribution < 1.29 is 24.6 Å². The molecule has 1 atom stereocenters. The lowest BCUT2D eigenvalue weighted by atomic mass is 10.1. The van der Waals surface area contributed by atoms with Crippen LogP contribution in [0.15, 0.2) is 0 Å². The van der Waals surface area contributed by atoms with Crippen LogP contribution in [-0.2, 0) is 14.4 Å². The molecule has 104 valence electrons. The second-order valence-corrected chi connectivity index (χ2v) is 4.22. The maximum absolute atomic E-state index is 11.4. The van der Waals surface area contributed by atoms with E-state index in [1.54, 1.807) is 0 Å². The van der Waals surface area contributed by atoms with Crippen LogP contribution in [0.4, 0.5) is 0 Å². The van der Waals surface area contributed by atoms with Crippen molar-refractivity contribution in [3.63, 3.8) is 0 Å². The molecule has 0 unspecified atom stereocenters. The Kier molecular flexibility index (Phi) is 8.61. The normalized spacial score (nSPS) is 11.8. The van der Waals surface area contributed by atoms with Gasteiger partial charge in [-0.15, -0.1) is 0 Å². The molecule has 0 spiro atoms. The summed E-state index contributed by atoms with van der Waals surface area (Å²) < 4.78 is 0. The highest BCUT2D eigenvalue weighted by Gasteiger charge is 2.22. The molecule has 0 rings (SSSR count). The molecule has 0 aromatic rings. The number of carboxylic acids is 2. The number of hydrogen-bond acceptors (Lipinski definition) is 3. The van der Waals surface area contributed by atoms with Gasteiger partial charge in [-0.05, 0) is 6.42 Å². The van der Waals surface area contributed by atoms with Gasteiger partial charge in [-0.2, -0.15) is 0 Å². The van der Waals surface area contributed by atoms with Crippen LogP contribution < -0.4 is 5.32 Å². The monoisotopic (exact) mass is 259 g/mol. The summed E-state index contributed by atoms with van der Waals surface area (Å²) in [7, 11) is 0. The molecule has 1 amide bonds. The first kappa shape index (κ1) is 16.4. The van der Waals surface area contributed by atoms with Crippen LogP contribution >= 0.6 is 0 Å². The van der Waals surface area contributed by atoms with Gasteiger partial charge in [0.25, 0.3) is 0 Å². The molecule has 18 heavy (non-hydrogen) atoms. The quantitative estimate of drug-likeness (QED) is 0.514. The summed E-state index contributed by atoms with van der Waals surface area (Å²) in [6.45, 7) is 2.09. The molecule has 0 heterocycles. The van der Waals surface area contributed by atoms with Crippen LogP contribution in [-0.4, -0.2) is 34.1 Å². The number of nitrogens with one attached hydrogen (secondary N) is 1. The number of rotatable bonds is 10. The summed E-state index contributed by atoms with van der Waals surface area (Å²) in [4.78, 5) is 32.5. The molecule has 0 radical (unpaired) electrons. The van der Waals surface area contributed by atoms with E-state index in [1.165, 1.54) is 0 Å². The largest absolute Gasteiger partial charge is 0.481 e. The van der Waals surface area contributed by atoms with Gasteiger partial charge in [-0.1, -0.05) is 32.6 Å². The smallest absolute Gasteiger partial charge is 0.326 e. The molecule has 0 aliphatic carbocycles. The number of carboxylic acid groups (broad SMARTS) is 2. The first-order valence-electron chi connectivity index (χ1n) is 6.21. The van der Waals surface area contributed by atoms with Gasteiger partial charge in [0.2, 0.25) is 5.91 Å². The number of amides is 1. The lowest BCUT2D eigenvalue weighted by molar-refractivity contribution is -0.147. The SMILES string of the molecule is CCCCCCCC(=O)N[C@H](CC(=O)O)C(=O)O. The van der Waals surface area contributed by atoms with Gasteiger partial charge in [-0.3, -0.25) is 9.59 Å². The van der Waals surface area contributed by atoms with Gasteiger partial charge in [0.15, 0.2) is 0 Å². The van der Waals surface area contributed by atoms with E-state index < -0.39 is 30.3 Å². The Morgan fingerprint density at radius 3 is 2.17 bits per heavy atom. The van der Waals surface area contributed by atoms with Gasteiger partial charge in [0.05, 0.1) is 6.42 Å². The Hall–Kier alpha value is -1.59. The van der Waals surface area contributed by atoms with Crippen LogP contribution in [0.3, 0.4) is 0 Å². The zero-order valence-electron chi connectivity index (χ0n) is 10.6. The van der Waals surface area contributed by atoms with Crippen LogP contribution in [0.2, 0.25) is 0 Å². The van der Waals surface area contributed by atoms with E-state index in [4.69, 9.17) is 10.2 Å². The third-order valence-corrected chi connectivity index (χ3v) is 2.52. The Balaban J connectivity index is 3.88. The highest BCUT2D eigenvalue weighted by atomic mass is 16.4. The lowest BCUT2D eigenvalue weighted by Gasteiger charge is -2.12. The molecule has 0 bridgehead atoms. The fourth-order valence-electron chi connectivity index (χ4n) is 1.53. The summed E-state index contributed by atoms with van der Waals surface area (Å²) in [6, 6.07) is -1.34. The number of carbonyl (C=O) groups is 3. The van der Waals surface area contributed by atoms with Crippen molar-refractivity contribution in [1.82, 2.24) is 5.32 Å². The highest BCUT2D eigenvalue weighted by Crippen LogP contribution is 2.05. The van der Waals surface area contributed by atoms with Crippen molar-refractivity contribution in [2.24, 2.45) is 0 Å². The fraction of sp³-hybridized carbons (Fsp3) is 0.750. The standard InChI is InChI=1S/C12H21NO5/c1-2-3-4-5-6-7-10(14)13-9(12(17)18)8-11(15)16/h9H,2-8H2,1H3,(H,13,14)(H,15,16)(H,17,18)/t9-/m1/s1. The average Bonchev–Trinajstić information content (AvgIpc) is 2.27. The van der Waals surface area contributed by atoms with Gasteiger partial charge >= 0.3 is 11.9 Å². The minimum Gasteiger partial charge on any atom is -0.481 e. The summed E-state index contributed by atoms with van der Waals surface area (Å²) in [5.74, 6) is -2.97. The Labute approximate surface area is 106 Å². The van der Waals surface area contributed by atoms with Crippen molar-refractivity contribution in [1.29, 1.82) is 0 Å². The third kappa shape index (κ3) is 8.55. The topological polar surface area (TPSA) is 104 Å². The zero-order chi connectivity index (χ0) is 14.0. The van der Waals surface area contributed by atoms with Crippen molar-refractivity contribution in [2.45, 2.75) is 57.9 Å². The van der Waals surface area contributed by atoms with Crippen LogP contribution in [0.1, 0.15) is 51.9 Å². The van der Waals surface area contributed by atoms with E-state index in [-0.39, 0.29) is 6.42 Å². The van der Waals surface area contributed by atoms with E-state index >= 15 is 0 Å². The van der Waals surface area contributed by atoms with Gasteiger partial charge in [-0.25, -0.2) is 4.79 Å². The number of hydrogen-bond donors (Lipinski definition) is 3. The molecule has 0 aromatic carbocycles. The highest BCUT2D eigenvalue weighted by molar-refractivity contribution is 5.86. The van der Waals surface area contributed by atoms with Gasteiger partial charge in [0, 0.05) is 6.42 Å². The van der Waals surface area contributed by atoms with Crippen molar-refractivity contribution in [3.05, 3.63) is 0 Å². The predicted molar refractivity (Wildman–Crippen MR) is 65.2 cm³/mol. The van der Waals surface area contributed by atoms with E-state index in [0.717, 1.165) is 25.7 Å². The Morgan fingerprint density at radius 2 is 1.67 bits per heavy atom. The molecule has 0 aliphatic rings. The predicted octanol–water partition coefficient (Wildman–Crippen LogP) is 1.39. The Bertz CT molecular complexity index is 290. The van der Waals surface area contributed by atoms with Crippen LogP contribution in [0.5, 0.6) is 0 Å². The summed E-state index contributed by atoms with van der Waals surface area (Å²) in [6.07, 6.45) is 4.57. The molecule has 0 fully saturated rings. The molecular weight excluding hydrogens is 238 g/mol. The van der Waals surface area contributed by atoms with Gasteiger partial charge in [0.1, 0.15) is 6.04 Å². The third-order valence-electron chi connectivity index (χ3n) is 2.52. The maximum atomic E-state index is 11.4. The molecule has 0 saturated heterocycles. The summed E-state index contributed by atoms with van der Waals surface area (Å²) in [5, 5.41) is 19.5. The zero-order valence-corrected chi connectivity index (χ0v) is 10.6. The van der Waals surface area contributed by atoms with Crippen LogP contribution in [0, 0.1) is 0 Å². The number of aliphatic carboxylic acids is 2. The minimum absolute atomic E-state index is 0.243. The molecule has 6 nitrogen and oxygen atoms in total. The van der Waals surface area contributed by atoms with E-state index in [0.29, 0.717) is 6.42 Å². The number of unbranched alkanes of at least 4 members (excludes halogenated alkanes) is 4. The second kappa shape index (κ2) is 9.44. The molecular formula is C12H21NO5. The van der Waals surface area contributed by atoms with Crippen LogP contribution in [0.25, 0.3) is 0 Å². The van der Waals surface area contributed by atoms with Gasteiger partial charge < -0.3 is 15.5 Å². The lowest BCUT2D eigenvalue weighted by Crippen LogP contribution is -2.42. The van der Waals surface area contributed by atoms with E-state index in [9.17, 15) is 14.4 Å². The summed E-state index contributed by atoms with van der Waals surface area (Å²) in [5.41, 5.74) is 0. The van der Waals surface area contributed by atoms with Crippen molar-refractivity contribution in [3.8, 4) is 0 Å². The summed E-state index contributed by atoms with van der Waals surface area (Å²) >= 11 is 0.